The van der Waals surface area contributed by atoms with Crippen molar-refractivity contribution in [3.63, 3.8) is 0 Å². The second kappa shape index (κ2) is 7.06. The number of carbonyl (C=O) groups is 2. The number of aliphatic hydroxyl groups excluding tert-OH is 4. The lowest BCUT2D eigenvalue weighted by atomic mass is 9.53. The minimum atomic E-state index is -3.14. The average Bonchev–Trinajstić information content (AvgIpc) is 2.49. The third kappa shape index (κ3) is 3.54. The van der Waals surface area contributed by atoms with Crippen LogP contribution in [0.3, 0.4) is 0 Å². The standard InChI is InChI=1S/C14H30B2O8Si2/c1-13(15-11(21)22)7(17)25(3,4)9(19)14(2,16-12(23)24)10(20)26(5,6)8(13)18/h7-10,15-20H,1-6H3,(H,21,22)(H,23,24). The molecule has 1 fully saturated rings. The van der Waals surface area contributed by atoms with Gasteiger partial charge in [-0.1, -0.05) is 40.0 Å². The van der Waals surface area contributed by atoms with Crippen LogP contribution >= 0.6 is 0 Å². The molecule has 0 aromatic rings. The molecule has 4 unspecified atom stereocenters. The highest BCUT2D eigenvalue weighted by molar-refractivity contribution is 6.90. The fraction of sp³-hybridized carbons (Fsp3) is 0.857. The van der Waals surface area contributed by atoms with Crippen molar-refractivity contribution in [2.45, 2.75) is 73.6 Å². The van der Waals surface area contributed by atoms with E-state index >= 15 is 0 Å². The Bertz CT molecular complexity index is 511. The predicted molar refractivity (Wildman–Crippen MR) is 106 cm³/mol. The van der Waals surface area contributed by atoms with Crippen molar-refractivity contribution in [3.05, 3.63) is 0 Å². The van der Waals surface area contributed by atoms with Crippen molar-refractivity contribution in [1.29, 1.82) is 0 Å². The summed E-state index contributed by atoms with van der Waals surface area (Å²) in [5.41, 5.74) is -5.21. The van der Waals surface area contributed by atoms with Crippen molar-refractivity contribution >= 4 is 42.4 Å². The minimum Gasteiger partial charge on any atom is -0.489 e. The summed E-state index contributed by atoms with van der Waals surface area (Å²) in [4.78, 5) is 22.9. The molecule has 0 amide bonds. The molecule has 6 N–H and O–H groups in total. The van der Waals surface area contributed by atoms with E-state index in [0.717, 1.165) is 0 Å². The summed E-state index contributed by atoms with van der Waals surface area (Å²) in [6.45, 7) is 9.45. The third-order valence-corrected chi connectivity index (χ3v) is 14.7. The van der Waals surface area contributed by atoms with Gasteiger partial charge in [-0.3, -0.25) is 9.59 Å². The van der Waals surface area contributed by atoms with Gasteiger partial charge in [-0.2, -0.15) is 0 Å². The van der Waals surface area contributed by atoms with Crippen LogP contribution < -0.4 is 0 Å². The second-order valence-corrected chi connectivity index (χ2v) is 18.9. The molecule has 0 aromatic heterocycles. The Morgan fingerprint density at radius 2 is 0.885 bits per heavy atom. The van der Waals surface area contributed by atoms with Gasteiger partial charge in [-0.15, -0.1) is 0 Å². The maximum atomic E-state index is 11.4. The van der Waals surface area contributed by atoms with Gasteiger partial charge in [0.1, 0.15) is 16.1 Å². The molecule has 8 nitrogen and oxygen atoms in total. The number of aliphatic hydroxyl groups is 4. The van der Waals surface area contributed by atoms with Gasteiger partial charge in [0.05, 0.1) is 0 Å². The quantitative estimate of drug-likeness (QED) is 0.346. The number of hydrogen-bond acceptors (Lipinski definition) is 6. The van der Waals surface area contributed by atoms with E-state index in [-0.39, 0.29) is 0 Å². The van der Waals surface area contributed by atoms with Gasteiger partial charge in [-0.05, 0) is 0 Å². The van der Waals surface area contributed by atoms with E-state index in [1.54, 1.807) is 26.2 Å². The van der Waals surface area contributed by atoms with Crippen LogP contribution in [0.4, 0.5) is 9.59 Å². The van der Waals surface area contributed by atoms with E-state index < -0.39 is 76.0 Å². The number of hydrogen-bond donors (Lipinski definition) is 6. The van der Waals surface area contributed by atoms with E-state index in [9.17, 15) is 40.2 Å². The normalized spacial score (nSPS) is 42.2. The summed E-state index contributed by atoms with van der Waals surface area (Å²) >= 11 is 0. The van der Waals surface area contributed by atoms with Gasteiger partial charge in [0, 0.05) is 33.5 Å². The first-order valence-electron chi connectivity index (χ1n) is 8.61. The Morgan fingerprint density at radius 1 is 0.692 bits per heavy atom. The SMILES string of the molecule is CC1(BC(=O)O)C(O)[Si](C)(C)C(O)C(C)(BC(=O)O)C(O)[Si](C)(C)C1O. The van der Waals surface area contributed by atoms with Gasteiger partial charge in [-0.25, -0.2) is 0 Å². The molecule has 148 valence electrons. The molecule has 0 radical (unpaired) electrons. The lowest BCUT2D eigenvalue weighted by molar-refractivity contribution is 0.0529. The van der Waals surface area contributed by atoms with Crippen molar-refractivity contribution < 1.29 is 40.2 Å². The van der Waals surface area contributed by atoms with Crippen LogP contribution in [-0.4, -0.2) is 96.0 Å². The molecular formula is C14H30B2O8Si2. The predicted octanol–water partition coefficient (Wildman–Crippen LogP) is -0.397. The maximum Gasteiger partial charge on any atom is 0.270 e. The topological polar surface area (TPSA) is 156 Å². The first-order chi connectivity index (χ1) is 11.5. The van der Waals surface area contributed by atoms with E-state index in [1.165, 1.54) is 13.8 Å². The van der Waals surface area contributed by atoms with Crippen LogP contribution in [0.1, 0.15) is 13.8 Å². The molecule has 1 heterocycles. The molecule has 0 bridgehead atoms. The Kier molecular flexibility index (Phi) is 6.35. The van der Waals surface area contributed by atoms with E-state index in [4.69, 9.17) is 0 Å². The molecule has 4 atom stereocenters. The van der Waals surface area contributed by atoms with Crippen molar-refractivity contribution in [1.82, 2.24) is 0 Å². The number of carboxylic acid groups (broad SMARTS) is 2. The van der Waals surface area contributed by atoms with Gasteiger partial charge in [0.15, 0.2) is 0 Å². The lowest BCUT2D eigenvalue weighted by Gasteiger charge is -2.58. The van der Waals surface area contributed by atoms with E-state index in [1.807, 2.05) is 0 Å². The summed E-state index contributed by atoms with van der Waals surface area (Å²) in [6.07, 6.45) is 0. The highest BCUT2D eigenvalue weighted by Crippen LogP contribution is 2.52. The highest BCUT2D eigenvalue weighted by Gasteiger charge is 2.66. The summed E-state index contributed by atoms with van der Waals surface area (Å²) in [5, 5.41) is 60.2. The molecule has 1 aliphatic rings. The van der Waals surface area contributed by atoms with Crippen molar-refractivity contribution in [2.75, 3.05) is 0 Å². The zero-order valence-corrected chi connectivity index (χ0v) is 18.2. The van der Waals surface area contributed by atoms with Crippen LogP contribution in [0.5, 0.6) is 0 Å². The van der Waals surface area contributed by atoms with Gasteiger partial charge in [0.2, 0.25) is 11.7 Å². The molecule has 0 aromatic carbocycles. The molecule has 26 heavy (non-hydrogen) atoms. The molecule has 12 heteroatoms. The van der Waals surface area contributed by atoms with Gasteiger partial charge in [0.25, 0.3) is 14.6 Å². The number of rotatable bonds is 4. The molecule has 1 rings (SSSR count). The first-order valence-corrected chi connectivity index (χ1v) is 14.9. The second-order valence-electron chi connectivity index (χ2n) is 9.41. The maximum absolute atomic E-state index is 11.4. The Labute approximate surface area is 156 Å². The smallest absolute Gasteiger partial charge is 0.270 e. The van der Waals surface area contributed by atoms with E-state index in [0.29, 0.717) is 0 Å². The monoisotopic (exact) mass is 404 g/mol. The largest absolute Gasteiger partial charge is 0.489 e. The van der Waals surface area contributed by atoms with Crippen LogP contribution in [0.15, 0.2) is 0 Å². The minimum absolute atomic E-state index is 0.517. The van der Waals surface area contributed by atoms with Crippen LogP contribution in [-0.2, 0) is 0 Å². The summed E-state index contributed by atoms with van der Waals surface area (Å²) in [7, 11) is -7.32. The van der Waals surface area contributed by atoms with Crippen LogP contribution in [0.2, 0.25) is 36.8 Å². The Balaban J connectivity index is 3.71. The lowest BCUT2D eigenvalue weighted by Crippen LogP contribution is -2.75. The molecule has 0 spiro atoms. The molecular weight excluding hydrogens is 374 g/mol. The summed E-state index contributed by atoms with van der Waals surface area (Å²) in [5.74, 6) is -2.39. The third-order valence-electron chi connectivity index (χ3n) is 6.38. The first kappa shape index (κ1) is 23.4. The van der Waals surface area contributed by atoms with Gasteiger partial charge >= 0.3 is 0 Å². The fourth-order valence-corrected chi connectivity index (χ4v) is 13.8. The molecule has 1 aliphatic heterocycles. The molecule has 0 aliphatic carbocycles. The molecule has 0 saturated carbocycles. The summed E-state index contributed by atoms with van der Waals surface area (Å²) < 4.78 is 0. The highest BCUT2D eigenvalue weighted by atomic mass is 28.3. The Morgan fingerprint density at radius 3 is 1.04 bits per heavy atom. The fourth-order valence-electron chi connectivity index (χ4n) is 5.04. The zero-order chi connectivity index (χ0) is 20.9. The van der Waals surface area contributed by atoms with Crippen LogP contribution in [0.25, 0.3) is 0 Å². The zero-order valence-electron chi connectivity index (χ0n) is 16.2. The Hall–Kier alpha value is -0.656. The van der Waals surface area contributed by atoms with E-state index in [2.05, 4.69) is 0 Å². The van der Waals surface area contributed by atoms with Gasteiger partial charge < -0.3 is 30.6 Å². The summed E-state index contributed by atoms with van der Waals surface area (Å²) in [6, 6.07) is 0. The molecule has 1 saturated heterocycles. The van der Waals surface area contributed by atoms with Crippen LogP contribution in [0, 0.1) is 0 Å². The van der Waals surface area contributed by atoms with Crippen molar-refractivity contribution in [2.24, 2.45) is 0 Å². The average molecular weight is 404 g/mol. The van der Waals surface area contributed by atoms with Crippen molar-refractivity contribution in [3.8, 4) is 0 Å².